The smallest absolute Gasteiger partial charge is 0.322 e. The molecule has 19 heavy (non-hydrogen) atoms. The molecule has 1 heterocycles. The van der Waals surface area contributed by atoms with E-state index in [1.807, 2.05) is 18.2 Å². The monoisotopic (exact) mass is 297 g/mol. The Bertz CT molecular complexity index is 627. The highest BCUT2D eigenvalue weighted by Gasteiger charge is 2.07. The van der Waals surface area contributed by atoms with E-state index >= 15 is 0 Å². The van der Waals surface area contributed by atoms with Gasteiger partial charge in [0.1, 0.15) is 12.3 Å². The van der Waals surface area contributed by atoms with E-state index in [4.69, 9.17) is 22.1 Å². The highest BCUT2D eigenvalue weighted by Crippen LogP contribution is 2.28. The summed E-state index contributed by atoms with van der Waals surface area (Å²) in [5.74, 6) is -0.215. The van der Waals surface area contributed by atoms with Gasteiger partial charge in [-0.25, -0.2) is 4.98 Å². The van der Waals surface area contributed by atoms with Crippen molar-refractivity contribution in [3.63, 3.8) is 0 Å². The molecule has 0 bridgehead atoms. The third kappa shape index (κ3) is 3.52. The molecular weight excluding hydrogens is 286 g/mol. The van der Waals surface area contributed by atoms with Crippen LogP contribution in [0, 0.1) is 0 Å². The molecule has 0 saturated heterocycles. The van der Waals surface area contributed by atoms with Crippen LogP contribution in [0.15, 0.2) is 18.2 Å². The lowest BCUT2D eigenvalue weighted by atomic mass is 10.3. The molecule has 0 radical (unpaired) electrons. The number of rotatable bonds is 4. The molecule has 6 nitrogen and oxygen atoms in total. The first-order valence-corrected chi connectivity index (χ1v) is 6.52. The van der Waals surface area contributed by atoms with Crippen molar-refractivity contribution in [2.75, 3.05) is 19.0 Å². The van der Waals surface area contributed by atoms with E-state index < -0.39 is 5.97 Å². The summed E-state index contributed by atoms with van der Waals surface area (Å²) in [5.41, 5.74) is 0.828. The molecule has 100 valence electrons. The number of benzene rings is 1. The van der Waals surface area contributed by atoms with Crippen molar-refractivity contribution >= 4 is 50.0 Å². The van der Waals surface area contributed by atoms with Crippen LogP contribution in [0.1, 0.15) is 0 Å². The summed E-state index contributed by atoms with van der Waals surface area (Å²) in [6, 6.07) is 5.56. The van der Waals surface area contributed by atoms with E-state index in [1.165, 1.54) is 11.3 Å². The van der Waals surface area contributed by atoms with Gasteiger partial charge in [0.15, 0.2) is 10.2 Å². The van der Waals surface area contributed by atoms with Gasteiger partial charge < -0.3 is 20.5 Å². The molecule has 3 N–H and O–H groups in total. The molecule has 0 unspecified atom stereocenters. The molecule has 0 amide bonds. The minimum atomic E-state index is -0.974. The number of thiazole rings is 1. The summed E-state index contributed by atoms with van der Waals surface area (Å²) >= 11 is 6.38. The van der Waals surface area contributed by atoms with Crippen LogP contribution in [-0.2, 0) is 4.79 Å². The number of anilines is 1. The molecule has 0 atom stereocenters. The van der Waals surface area contributed by atoms with Crippen LogP contribution in [0.5, 0.6) is 5.75 Å². The maximum atomic E-state index is 10.4. The van der Waals surface area contributed by atoms with Crippen molar-refractivity contribution < 1.29 is 14.6 Å². The highest BCUT2D eigenvalue weighted by atomic mass is 32.1. The normalized spacial score (nSPS) is 10.2. The average molecular weight is 297 g/mol. The zero-order valence-electron chi connectivity index (χ0n) is 9.97. The Hall–Kier alpha value is -1.93. The first-order chi connectivity index (χ1) is 9.08. The molecule has 1 aromatic carbocycles. The molecule has 0 aliphatic carbocycles. The average Bonchev–Trinajstić information content (AvgIpc) is 2.77. The standard InChI is InChI=1S/C11H11N3O3S2/c1-17-6-2-3-7-8(4-6)19-11(13-7)14-10(18)12-5-9(15)16/h2-4H,5H2,1H3,(H,15,16)(H2,12,13,14,18). The van der Waals surface area contributed by atoms with Crippen molar-refractivity contribution in [3.05, 3.63) is 18.2 Å². The van der Waals surface area contributed by atoms with Gasteiger partial charge in [0, 0.05) is 0 Å². The summed E-state index contributed by atoms with van der Waals surface area (Å²) in [7, 11) is 1.60. The number of carboxylic acids is 1. The minimum Gasteiger partial charge on any atom is -0.497 e. The first kappa shape index (κ1) is 13.5. The Balaban J connectivity index is 2.08. The number of thiocarbonyl (C=S) groups is 1. The number of methoxy groups -OCH3 is 1. The molecular formula is C11H11N3O3S2. The van der Waals surface area contributed by atoms with Crippen LogP contribution < -0.4 is 15.4 Å². The Labute approximate surface area is 118 Å². The second-order valence-corrected chi connectivity index (χ2v) is 4.99. The van der Waals surface area contributed by atoms with Gasteiger partial charge in [0.05, 0.1) is 17.3 Å². The quantitative estimate of drug-likeness (QED) is 0.740. The number of nitrogens with one attached hydrogen (secondary N) is 2. The number of carboxylic acid groups (broad SMARTS) is 1. The molecule has 8 heteroatoms. The van der Waals surface area contributed by atoms with Crippen molar-refractivity contribution in [2.45, 2.75) is 0 Å². The fourth-order valence-electron chi connectivity index (χ4n) is 1.38. The Morgan fingerprint density at radius 1 is 1.58 bits per heavy atom. The van der Waals surface area contributed by atoms with E-state index in [1.54, 1.807) is 7.11 Å². The minimum absolute atomic E-state index is 0.230. The molecule has 0 aliphatic heterocycles. The molecule has 0 fully saturated rings. The summed E-state index contributed by atoms with van der Waals surface area (Å²) in [6.45, 7) is -0.232. The maximum Gasteiger partial charge on any atom is 0.322 e. The fraction of sp³-hybridized carbons (Fsp3) is 0.182. The fourth-order valence-corrected chi connectivity index (χ4v) is 2.51. The van der Waals surface area contributed by atoms with E-state index in [-0.39, 0.29) is 11.7 Å². The van der Waals surface area contributed by atoms with Crippen LogP contribution >= 0.6 is 23.6 Å². The number of nitrogens with zero attached hydrogens (tertiary/aromatic N) is 1. The lowest BCUT2D eigenvalue weighted by molar-refractivity contribution is -0.135. The second-order valence-electron chi connectivity index (χ2n) is 3.55. The van der Waals surface area contributed by atoms with Gasteiger partial charge in [0.25, 0.3) is 0 Å². The van der Waals surface area contributed by atoms with E-state index in [0.29, 0.717) is 5.13 Å². The summed E-state index contributed by atoms with van der Waals surface area (Å²) in [6.07, 6.45) is 0. The lowest BCUT2D eigenvalue weighted by Gasteiger charge is -2.04. The van der Waals surface area contributed by atoms with Crippen LogP contribution in [0.2, 0.25) is 0 Å². The van der Waals surface area contributed by atoms with Gasteiger partial charge in [0.2, 0.25) is 0 Å². The summed E-state index contributed by atoms with van der Waals surface area (Å²) in [4.78, 5) is 14.7. The number of ether oxygens (including phenoxy) is 1. The third-order valence-corrected chi connectivity index (χ3v) is 3.40. The Morgan fingerprint density at radius 3 is 3.05 bits per heavy atom. The van der Waals surface area contributed by atoms with Gasteiger partial charge in [-0.2, -0.15) is 0 Å². The SMILES string of the molecule is COc1ccc2nc(NC(=S)NCC(=O)O)sc2c1. The lowest BCUT2D eigenvalue weighted by Crippen LogP contribution is -2.32. The molecule has 0 saturated carbocycles. The summed E-state index contributed by atoms with van der Waals surface area (Å²) < 4.78 is 6.09. The van der Waals surface area contributed by atoms with Crippen LogP contribution in [-0.4, -0.2) is 34.8 Å². The van der Waals surface area contributed by atoms with Crippen molar-refractivity contribution in [2.24, 2.45) is 0 Å². The Kier molecular flexibility index (Phi) is 4.13. The van der Waals surface area contributed by atoms with Crippen LogP contribution in [0.4, 0.5) is 5.13 Å². The van der Waals surface area contributed by atoms with Crippen LogP contribution in [0.25, 0.3) is 10.2 Å². The predicted octanol–water partition coefficient (Wildman–Crippen LogP) is 1.68. The first-order valence-electron chi connectivity index (χ1n) is 5.29. The van der Waals surface area contributed by atoms with Crippen LogP contribution in [0.3, 0.4) is 0 Å². The molecule has 2 rings (SSSR count). The van der Waals surface area contributed by atoms with Crippen molar-refractivity contribution in [1.29, 1.82) is 0 Å². The number of hydrogen-bond acceptors (Lipinski definition) is 5. The van der Waals surface area contributed by atoms with E-state index in [9.17, 15) is 4.79 Å². The Morgan fingerprint density at radius 2 is 2.37 bits per heavy atom. The summed E-state index contributed by atoms with van der Waals surface area (Å²) in [5, 5.41) is 14.8. The third-order valence-electron chi connectivity index (χ3n) is 2.22. The zero-order chi connectivity index (χ0) is 13.8. The van der Waals surface area contributed by atoms with Gasteiger partial charge in [-0.1, -0.05) is 11.3 Å². The molecule has 1 aromatic heterocycles. The van der Waals surface area contributed by atoms with Gasteiger partial charge in [-0.15, -0.1) is 0 Å². The van der Waals surface area contributed by atoms with Gasteiger partial charge in [-0.05, 0) is 30.4 Å². The number of aliphatic carboxylic acids is 1. The van der Waals surface area contributed by atoms with E-state index in [0.717, 1.165) is 16.0 Å². The zero-order valence-corrected chi connectivity index (χ0v) is 11.6. The predicted molar refractivity (Wildman–Crippen MR) is 78.0 cm³/mol. The van der Waals surface area contributed by atoms with Crippen molar-refractivity contribution in [1.82, 2.24) is 10.3 Å². The largest absolute Gasteiger partial charge is 0.497 e. The molecule has 0 spiro atoms. The van der Waals surface area contributed by atoms with Gasteiger partial charge >= 0.3 is 5.97 Å². The van der Waals surface area contributed by atoms with Crippen molar-refractivity contribution in [3.8, 4) is 5.75 Å². The van der Waals surface area contributed by atoms with Gasteiger partial charge in [-0.3, -0.25) is 4.79 Å². The second kappa shape index (κ2) is 5.81. The molecule has 0 aliphatic rings. The topological polar surface area (TPSA) is 83.5 Å². The number of aromatic nitrogens is 1. The van der Waals surface area contributed by atoms with E-state index in [2.05, 4.69) is 15.6 Å². The number of fused-ring (bicyclic) bond motifs is 1. The highest BCUT2D eigenvalue weighted by molar-refractivity contribution is 7.80. The number of carbonyl (C=O) groups is 1. The maximum absolute atomic E-state index is 10.4. The molecule has 2 aromatic rings. The number of hydrogen-bond donors (Lipinski definition) is 3.